The molecule has 0 bridgehead atoms. The van der Waals surface area contributed by atoms with Crippen LogP contribution in [0.3, 0.4) is 0 Å². The first-order valence-electron chi connectivity index (χ1n) is 8.92. The predicted octanol–water partition coefficient (Wildman–Crippen LogP) is 2.59. The van der Waals surface area contributed by atoms with Gasteiger partial charge in [-0.15, -0.1) is 0 Å². The number of hydrogen-bond donors (Lipinski definition) is 0. The summed E-state index contributed by atoms with van der Waals surface area (Å²) in [7, 11) is 0. The van der Waals surface area contributed by atoms with Gasteiger partial charge in [-0.2, -0.15) is 0 Å². The average Bonchev–Trinajstić information content (AvgIpc) is 2.95. The van der Waals surface area contributed by atoms with Crippen LogP contribution in [0.4, 0.5) is 9.18 Å². The fourth-order valence-corrected chi connectivity index (χ4v) is 3.17. The van der Waals surface area contributed by atoms with E-state index < -0.39 is 11.6 Å². The van der Waals surface area contributed by atoms with E-state index in [0.717, 1.165) is 13.1 Å². The van der Waals surface area contributed by atoms with E-state index in [4.69, 9.17) is 9.47 Å². The highest BCUT2D eigenvalue weighted by molar-refractivity contribution is 5.93. The number of carbonyl (C=O) groups is 2. The summed E-state index contributed by atoms with van der Waals surface area (Å²) in [5.74, 6) is -0.788. The number of carbonyl (C=O) groups excluding carboxylic acids is 2. The van der Waals surface area contributed by atoms with E-state index in [9.17, 15) is 14.0 Å². The number of cyclic esters (lactones) is 1. The van der Waals surface area contributed by atoms with Gasteiger partial charge in [-0.25, -0.2) is 14.0 Å². The van der Waals surface area contributed by atoms with Crippen LogP contribution in [-0.2, 0) is 22.5 Å². The van der Waals surface area contributed by atoms with Gasteiger partial charge in [0, 0.05) is 38.3 Å². The summed E-state index contributed by atoms with van der Waals surface area (Å²) in [4.78, 5) is 27.5. The standard InChI is InChI=1S/C19H25FN2O4/c1-19(2,3)26-18(24)22-10-8-21(9-11-22)7-6-13-4-5-14-15(16(13)20)12-25-17(14)23/h4-5H,6-12H2,1-3H3. The first kappa shape index (κ1) is 18.6. The van der Waals surface area contributed by atoms with Crippen molar-refractivity contribution in [3.63, 3.8) is 0 Å². The van der Waals surface area contributed by atoms with Crippen LogP contribution in [0.25, 0.3) is 0 Å². The normalized spacial score (nSPS) is 17.8. The maximum Gasteiger partial charge on any atom is 0.410 e. The Morgan fingerprint density at radius 2 is 1.92 bits per heavy atom. The van der Waals surface area contributed by atoms with Crippen LogP contribution in [0.2, 0.25) is 0 Å². The summed E-state index contributed by atoms with van der Waals surface area (Å²) in [6.45, 7) is 8.93. The third-order valence-electron chi connectivity index (χ3n) is 4.61. The van der Waals surface area contributed by atoms with E-state index in [0.29, 0.717) is 42.7 Å². The number of benzene rings is 1. The Labute approximate surface area is 152 Å². The smallest absolute Gasteiger partial charge is 0.410 e. The highest BCUT2D eigenvalue weighted by Crippen LogP contribution is 2.25. The summed E-state index contributed by atoms with van der Waals surface area (Å²) in [5, 5.41) is 0. The van der Waals surface area contributed by atoms with Crippen LogP contribution in [0.15, 0.2) is 12.1 Å². The molecule has 0 spiro atoms. The van der Waals surface area contributed by atoms with E-state index in [1.165, 1.54) is 0 Å². The van der Waals surface area contributed by atoms with E-state index in [1.54, 1.807) is 17.0 Å². The number of esters is 1. The van der Waals surface area contributed by atoms with E-state index in [2.05, 4.69) is 4.90 Å². The van der Waals surface area contributed by atoms with E-state index in [1.807, 2.05) is 20.8 Å². The molecule has 0 aromatic heterocycles. The molecule has 26 heavy (non-hydrogen) atoms. The van der Waals surface area contributed by atoms with Gasteiger partial charge in [-0.1, -0.05) is 6.07 Å². The van der Waals surface area contributed by atoms with Crippen molar-refractivity contribution in [3.8, 4) is 0 Å². The first-order chi connectivity index (χ1) is 12.2. The Morgan fingerprint density at radius 3 is 2.58 bits per heavy atom. The van der Waals surface area contributed by atoms with Crippen molar-refractivity contribution in [2.45, 2.75) is 39.4 Å². The lowest BCUT2D eigenvalue weighted by Crippen LogP contribution is -2.50. The van der Waals surface area contributed by atoms with Gasteiger partial charge >= 0.3 is 12.1 Å². The molecule has 1 amide bonds. The Balaban J connectivity index is 1.50. The lowest BCUT2D eigenvalue weighted by Gasteiger charge is -2.35. The van der Waals surface area contributed by atoms with Crippen LogP contribution < -0.4 is 0 Å². The summed E-state index contributed by atoms with van der Waals surface area (Å²) in [5.41, 5.74) is 0.792. The highest BCUT2D eigenvalue weighted by Gasteiger charge is 2.27. The van der Waals surface area contributed by atoms with Crippen LogP contribution in [0.1, 0.15) is 42.3 Å². The number of hydrogen-bond acceptors (Lipinski definition) is 5. The topological polar surface area (TPSA) is 59.1 Å². The zero-order valence-corrected chi connectivity index (χ0v) is 15.5. The molecule has 0 radical (unpaired) electrons. The third kappa shape index (κ3) is 4.15. The SMILES string of the molecule is CC(C)(C)OC(=O)N1CCN(CCc2ccc3c(c2F)COC3=O)CC1. The molecule has 0 unspecified atom stereocenters. The van der Waals surface area contributed by atoms with Gasteiger partial charge in [-0.05, 0) is 38.8 Å². The van der Waals surface area contributed by atoms with Gasteiger partial charge in [0.1, 0.15) is 18.0 Å². The van der Waals surface area contributed by atoms with Crippen LogP contribution in [0, 0.1) is 5.82 Å². The number of nitrogens with zero attached hydrogens (tertiary/aromatic N) is 2. The van der Waals surface area contributed by atoms with E-state index in [-0.39, 0.29) is 18.5 Å². The monoisotopic (exact) mass is 364 g/mol. The van der Waals surface area contributed by atoms with Crippen molar-refractivity contribution in [2.24, 2.45) is 0 Å². The minimum atomic E-state index is -0.496. The maximum absolute atomic E-state index is 14.5. The molecule has 0 N–H and O–H groups in total. The quantitative estimate of drug-likeness (QED) is 0.772. The summed E-state index contributed by atoms with van der Waals surface area (Å²) in [6, 6.07) is 3.31. The van der Waals surface area contributed by atoms with Crippen LogP contribution in [-0.4, -0.2) is 60.2 Å². The zero-order valence-electron chi connectivity index (χ0n) is 15.5. The predicted molar refractivity (Wildman–Crippen MR) is 93.5 cm³/mol. The second-order valence-corrected chi connectivity index (χ2v) is 7.70. The van der Waals surface area contributed by atoms with Crippen molar-refractivity contribution in [1.29, 1.82) is 0 Å². The van der Waals surface area contributed by atoms with Gasteiger partial charge in [0.05, 0.1) is 5.56 Å². The summed E-state index contributed by atoms with van der Waals surface area (Å²) in [6.07, 6.45) is 0.270. The number of ether oxygens (including phenoxy) is 2. The van der Waals surface area contributed by atoms with Gasteiger partial charge in [0.2, 0.25) is 0 Å². The number of rotatable bonds is 3. The van der Waals surface area contributed by atoms with E-state index >= 15 is 0 Å². The Kier molecular flexibility index (Phi) is 5.18. The molecule has 7 heteroatoms. The van der Waals surface area contributed by atoms with Gasteiger partial charge in [0.25, 0.3) is 0 Å². The van der Waals surface area contributed by atoms with Crippen molar-refractivity contribution < 1.29 is 23.5 Å². The zero-order chi connectivity index (χ0) is 18.9. The molecular formula is C19H25FN2O4. The maximum atomic E-state index is 14.5. The molecule has 2 aliphatic rings. The van der Waals surface area contributed by atoms with Crippen LogP contribution >= 0.6 is 0 Å². The van der Waals surface area contributed by atoms with Crippen molar-refractivity contribution >= 4 is 12.1 Å². The molecule has 0 atom stereocenters. The third-order valence-corrected chi connectivity index (χ3v) is 4.61. The van der Waals surface area contributed by atoms with Crippen LogP contribution in [0.5, 0.6) is 0 Å². The minimum absolute atomic E-state index is 0.0163. The molecule has 0 saturated carbocycles. The molecule has 142 valence electrons. The first-order valence-corrected chi connectivity index (χ1v) is 8.92. The van der Waals surface area contributed by atoms with Gasteiger partial charge in [0.15, 0.2) is 0 Å². The molecular weight excluding hydrogens is 339 g/mol. The Hall–Kier alpha value is -2.15. The van der Waals surface area contributed by atoms with Crippen molar-refractivity contribution in [2.75, 3.05) is 32.7 Å². The average molecular weight is 364 g/mol. The second-order valence-electron chi connectivity index (χ2n) is 7.70. The van der Waals surface area contributed by atoms with Crippen molar-refractivity contribution in [1.82, 2.24) is 9.80 Å². The number of fused-ring (bicyclic) bond motifs is 1. The number of piperazine rings is 1. The molecule has 1 aromatic carbocycles. The summed E-state index contributed by atoms with van der Waals surface area (Å²) < 4.78 is 24.8. The molecule has 1 saturated heterocycles. The van der Waals surface area contributed by atoms with Gasteiger partial charge in [-0.3, -0.25) is 4.90 Å². The fourth-order valence-electron chi connectivity index (χ4n) is 3.17. The molecule has 6 nitrogen and oxygen atoms in total. The highest BCUT2D eigenvalue weighted by atomic mass is 19.1. The molecule has 0 aliphatic carbocycles. The largest absolute Gasteiger partial charge is 0.457 e. The number of halogens is 1. The Morgan fingerprint density at radius 1 is 1.23 bits per heavy atom. The van der Waals surface area contributed by atoms with Crippen molar-refractivity contribution in [3.05, 3.63) is 34.6 Å². The molecule has 1 fully saturated rings. The lowest BCUT2D eigenvalue weighted by molar-refractivity contribution is 0.0146. The molecule has 2 heterocycles. The Bertz CT molecular complexity index is 706. The molecule has 1 aromatic rings. The fraction of sp³-hybridized carbons (Fsp3) is 0.579. The second kappa shape index (κ2) is 7.23. The van der Waals surface area contributed by atoms with Gasteiger partial charge < -0.3 is 14.4 Å². The lowest BCUT2D eigenvalue weighted by atomic mass is 10.0. The number of amides is 1. The molecule has 3 rings (SSSR count). The minimum Gasteiger partial charge on any atom is -0.457 e. The summed E-state index contributed by atoms with van der Waals surface area (Å²) >= 11 is 0. The molecule has 2 aliphatic heterocycles.